The molecule has 12 heteroatoms. The zero-order chi connectivity index (χ0) is 26.3. The topological polar surface area (TPSA) is 66.5 Å². The Balaban J connectivity index is 1.52. The lowest BCUT2D eigenvalue weighted by Crippen LogP contribution is -2.36. The van der Waals surface area contributed by atoms with Gasteiger partial charge in [0.15, 0.2) is 0 Å². The van der Waals surface area contributed by atoms with Crippen molar-refractivity contribution in [2.75, 3.05) is 11.9 Å². The van der Waals surface area contributed by atoms with Crippen molar-refractivity contribution in [3.8, 4) is 0 Å². The van der Waals surface area contributed by atoms with Crippen LogP contribution in [0.15, 0.2) is 59.5 Å². The lowest BCUT2D eigenvalue weighted by Gasteiger charge is -2.30. The number of benzene rings is 3. The smallest absolute Gasteiger partial charge is 0.324 e. The number of anilines is 1. The molecule has 36 heavy (non-hydrogen) atoms. The van der Waals surface area contributed by atoms with Crippen LogP contribution in [0, 0.1) is 11.6 Å². The maximum atomic E-state index is 13.6. The van der Waals surface area contributed by atoms with Gasteiger partial charge in [-0.3, -0.25) is 4.79 Å². The molecular weight excluding hydrogens is 527 g/mol. The average molecular weight is 545 g/mol. The van der Waals surface area contributed by atoms with E-state index in [2.05, 4.69) is 5.32 Å². The van der Waals surface area contributed by atoms with Crippen molar-refractivity contribution in [1.82, 2.24) is 4.31 Å². The van der Waals surface area contributed by atoms with Gasteiger partial charge in [0.05, 0.1) is 27.6 Å². The Kier molecular flexibility index (Phi) is 7.09. The number of carbonyl (C=O) groups is 1. The van der Waals surface area contributed by atoms with Crippen LogP contribution in [0.5, 0.6) is 0 Å². The highest BCUT2D eigenvalue weighted by Gasteiger charge is 2.32. The zero-order valence-corrected chi connectivity index (χ0v) is 19.9. The lowest BCUT2D eigenvalue weighted by atomic mass is 9.98. The Morgan fingerprint density at radius 1 is 1.00 bits per heavy atom. The summed E-state index contributed by atoms with van der Waals surface area (Å²) < 4.78 is 92.4. The van der Waals surface area contributed by atoms with Crippen LogP contribution in [-0.4, -0.2) is 25.2 Å². The molecule has 0 aliphatic carbocycles. The van der Waals surface area contributed by atoms with Gasteiger partial charge < -0.3 is 5.32 Å². The van der Waals surface area contributed by atoms with Crippen LogP contribution in [0.1, 0.15) is 22.3 Å². The van der Waals surface area contributed by atoms with Gasteiger partial charge in [-0.2, -0.15) is 17.5 Å². The molecule has 0 atom stereocenters. The Labute approximate surface area is 208 Å². The van der Waals surface area contributed by atoms with Gasteiger partial charge in [-0.05, 0) is 53.4 Å². The molecule has 1 aliphatic heterocycles. The summed E-state index contributed by atoms with van der Waals surface area (Å²) in [6.07, 6.45) is -4.53. The summed E-state index contributed by atoms with van der Waals surface area (Å²) in [6, 6.07) is 9.32. The average Bonchev–Trinajstić information content (AvgIpc) is 2.79. The fourth-order valence-electron chi connectivity index (χ4n) is 3.95. The lowest BCUT2D eigenvalue weighted by molar-refractivity contribution is -0.137. The summed E-state index contributed by atoms with van der Waals surface area (Å²) in [7, 11) is -4.20. The number of hydrogen-bond acceptors (Lipinski definition) is 3. The van der Waals surface area contributed by atoms with Crippen molar-refractivity contribution in [2.24, 2.45) is 0 Å². The second kappa shape index (κ2) is 9.79. The molecule has 0 spiro atoms. The molecule has 1 amide bonds. The van der Waals surface area contributed by atoms with Crippen LogP contribution in [0.2, 0.25) is 5.02 Å². The predicted octanol–water partition coefficient (Wildman–Crippen LogP) is 5.57. The number of carbonyl (C=O) groups excluding carboxylic acids is 1. The van der Waals surface area contributed by atoms with Crippen molar-refractivity contribution in [3.63, 3.8) is 0 Å². The SMILES string of the molecule is O=C(Cc1ccc(C(F)(F)F)cc1)Nc1c(Cl)ccc2c1CCN(S(=O)(=O)c1cc(F)cc(F)c1)C2. The van der Waals surface area contributed by atoms with E-state index >= 15 is 0 Å². The number of nitrogens with one attached hydrogen (secondary N) is 1. The second-order valence-electron chi connectivity index (χ2n) is 8.17. The normalized spacial score (nSPS) is 14.4. The number of halogens is 6. The first-order valence-electron chi connectivity index (χ1n) is 10.6. The molecule has 1 aliphatic rings. The zero-order valence-electron chi connectivity index (χ0n) is 18.4. The molecule has 5 nitrogen and oxygen atoms in total. The fourth-order valence-corrected chi connectivity index (χ4v) is 5.64. The largest absolute Gasteiger partial charge is 0.416 e. The van der Waals surface area contributed by atoms with Crippen molar-refractivity contribution in [2.45, 2.75) is 30.5 Å². The van der Waals surface area contributed by atoms with Crippen LogP contribution in [-0.2, 0) is 40.4 Å². The van der Waals surface area contributed by atoms with Gasteiger partial charge in [-0.15, -0.1) is 0 Å². The molecule has 0 radical (unpaired) electrons. The van der Waals surface area contributed by atoms with Gasteiger partial charge in [0.25, 0.3) is 0 Å². The first-order chi connectivity index (χ1) is 16.8. The van der Waals surface area contributed by atoms with Crippen molar-refractivity contribution in [3.05, 3.63) is 93.5 Å². The van der Waals surface area contributed by atoms with Gasteiger partial charge in [-0.1, -0.05) is 29.8 Å². The molecule has 0 unspecified atom stereocenters. The van der Waals surface area contributed by atoms with Crippen molar-refractivity contribution in [1.29, 1.82) is 0 Å². The highest BCUT2D eigenvalue weighted by atomic mass is 35.5. The van der Waals surface area contributed by atoms with E-state index in [-0.39, 0.29) is 36.6 Å². The van der Waals surface area contributed by atoms with Crippen LogP contribution in [0.3, 0.4) is 0 Å². The molecule has 0 aromatic heterocycles. The maximum absolute atomic E-state index is 13.6. The number of hydrogen-bond donors (Lipinski definition) is 1. The summed E-state index contributed by atoms with van der Waals surface area (Å²) in [5.74, 6) is -2.55. The summed E-state index contributed by atoms with van der Waals surface area (Å²) in [4.78, 5) is 12.1. The molecular formula is C24H18ClF5N2O3S. The van der Waals surface area contributed by atoms with Crippen LogP contribution in [0.4, 0.5) is 27.6 Å². The van der Waals surface area contributed by atoms with Gasteiger partial charge in [0.1, 0.15) is 11.6 Å². The third-order valence-corrected chi connectivity index (χ3v) is 7.84. The van der Waals surface area contributed by atoms with Crippen molar-refractivity contribution >= 4 is 33.2 Å². The molecule has 1 heterocycles. The van der Waals surface area contributed by atoms with Crippen LogP contribution < -0.4 is 5.32 Å². The Morgan fingerprint density at radius 3 is 2.25 bits per heavy atom. The minimum atomic E-state index is -4.48. The number of fused-ring (bicyclic) bond motifs is 1. The molecule has 0 bridgehead atoms. The monoisotopic (exact) mass is 544 g/mol. The van der Waals surface area contributed by atoms with Gasteiger partial charge in [0.2, 0.25) is 15.9 Å². The third kappa shape index (κ3) is 5.53. The second-order valence-corrected chi connectivity index (χ2v) is 10.5. The number of nitrogens with zero attached hydrogens (tertiary/aromatic N) is 1. The van der Waals surface area contributed by atoms with E-state index in [0.29, 0.717) is 22.8 Å². The minimum Gasteiger partial charge on any atom is -0.324 e. The molecule has 3 aromatic carbocycles. The highest BCUT2D eigenvalue weighted by Crippen LogP contribution is 2.35. The molecule has 0 saturated heterocycles. The number of sulfonamides is 1. The number of rotatable bonds is 5. The Morgan fingerprint density at radius 2 is 1.64 bits per heavy atom. The van der Waals surface area contributed by atoms with E-state index in [4.69, 9.17) is 11.6 Å². The van der Waals surface area contributed by atoms with Crippen molar-refractivity contribution < 1.29 is 35.2 Å². The van der Waals surface area contributed by atoms with Gasteiger partial charge in [-0.25, -0.2) is 17.2 Å². The van der Waals surface area contributed by atoms with E-state index in [1.54, 1.807) is 6.07 Å². The first-order valence-corrected chi connectivity index (χ1v) is 12.4. The molecule has 0 saturated carbocycles. The van der Waals surface area contributed by atoms with E-state index < -0.39 is 44.2 Å². The Bertz CT molecular complexity index is 1410. The minimum absolute atomic E-state index is 0.0322. The van der Waals surface area contributed by atoms with Crippen LogP contribution in [0.25, 0.3) is 0 Å². The fraction of sp³-hybridized carbons (Fsp3) is 0.208. The molecule has 190 valence electrons. The van der Waals surface area contributed by atoms with E-state index in [0.717, 1.165) is 28.6 Å². The Hall–Kier alpha value is -3.02. The predicted molar refractivity (Wildman–Crippen MR) is 123 cm³/mol. The van der Waals surface area contributed by atoms with E-state index in [1.807, 2.05) is 0 Å². The summed E-state index contributed by atoms with van der Waals surface area (Å²) in [5, 5.41) is 2.88. The molecule has 0 fully saturated rings. The van der Waals surface area contributed by atoms with E-state index in [1.165, 1.54) is 18.2 Å². The summed E-state index contributed by atoms with van der Waals surface area (Å²) >= 11 is 6.28. The molecule has 3 aromatic rings. The number of alkyl halides is 3. The summed E-state index contributed by atoms with van der Waals surface area (Å²) in [6.45, 7) is -0.148. The first kappa shape index (κ1) is 26.1. The highest BCUT2D eigenvalue weighted by molar-refractivity contribution is 7.89. The summed E-state index contributed by atoms with van der Waals surface area (Å²) in [5.41, 5.74) is 0.948. The standard InChI is InChI=1S/C24H18ClF5N2O3S/c25-21-6-3-15-13-32(36(34,35)19-11-17(26)10-18(27)12-19)8-7-20(15)23(21)31-22(33)9-14-1-4-16(5-2-14)24(28,29)30/h1-6,10-12H,7-9,13H2,(H,31,33). The maximum Gasteiger partial charge on any atom is 0.416 e. The van der Waals surface area contributed by atoms with Crippen LogP contribution >= 0.6 is 11.6 Å². The van der Waals surface area contributed by atoms with Gasteiger partial charge in [0, 0.05) is 19.2 Å². The number of amides is 1. The third-order valence-electron chi connectivity index (χ3n) is 5.70. The quantitative estimate of drug-likeness (QED) is 0.427. The molecule has 1 N–H and O–H groups in total. The van der Waals surface area contributed by atoms with E-state index in [9.17, 15) is 35.2 Å². The molecule has 4 rings (SSSR count). The van der Waals surface area contributed by atoms with Gasteiger partial charge >= 0.3 is 6.18 Å².